The zero-order chi connectivity index (χ0) is 13.8. The molecule has 1 heterocycles. The minimum absolute atomic E-state index is 0.299. The fourth-order valence-corrected chi connectivity index (χ4v) is 1.58. The maximum atomic E-state index is 12.8. The van der Waals surface area contributed by atoms with Gasteiger partial charge in [0, 0.05) is 5.56 Å². The first kappa shape index (κ1) is 13.3. The Labute approximate surface area is 109 Å². The normalized spacial score (nSPS) is 12.3. The Bertz CT molecular complexity index is 562. The van der Waals surface area contributed by atoms with Crippen molar-refractivity contribution in [2.45, 2.75) is 19.5 Å². The number of benzene rings is 1. The molecule has 100 valence electrons. The van der Waals surface area contributed by atoms with Crippen LogP contribution in [0.15, 0.2) is 40.8 Å². The highest BCUT2D eigenvalue weighted by molar-refractivity contribution is 5.72. The first-order valence-corrected chi connectivity index (χ1v) is 5.87. The quantitative estimate of drug-likeness (QED) is 0.870. The zero-order valence-corrected chi connectivity index (χ0v) is 10.4. The third-order valence-electron chi connectivity index (χ3n) is 2.74. The summed E-state index contributed by atoms with van der Waals surface area (Å²) in [5, 5.41) is 11.6. The van der Waals surface area contributed by atoms with E-state index in [0.29, 0.717) is 18.1 Å². The summed E-state index contributed by atoms with van der Waals surface area (Å²) in [6.07, 6.45) is 0. The molecule has 1 aromatic carbocycles. The van der Waals surface area contributed by atoms with Crippen LogP contribution in [-0.2, 0) is 11.3 Å². The molecule has 2 N–H and O–H groups in total. The van der Waals surface area contributed by atoms with E-state index in [4.69, 9.17) is 9.52 Å². The van der Waals surface area contributed by atoms with Crippen molar-refractivity contribution in [2.24, 2.45) is 0 Å². The Morgan fingerprint density at radius 2 is 2.00 bits per heavy atom. The van der Waals surface area contributed by atoms with Crippen molar-refractivity contribution >= 4 is 5.97 Å². The summed E-state index contributed by atoms with van der Waals surface area (Å²) in [4.78, 5) is 10.7. The van der Waals surface area contributed by atoms with Gasteiger partial charge in [-0.15, -0.1) is 0 Å². The van der Waals surface area contributed by atoms with Crippen molar-refractivity contribution in [3.05, 3.63) is 48.0 Å². The molecule has 4 nitrogen and oxygen atoms in total. The SMILES string of the molecule is C[C@H](NCc1ccc(-c2ccc(F)cc2)o1)C(=O)O. The van der Waals surface area contributed by atoms with Crippen LogP contribution in [-0.4, -0.2) is 17.1 Å². The fourth-order valence-electron chi connectivity index (χ4n) is 1.58. The second-order valence-corrected chi connectivity index (χ2v) is 4.21. The lowest BCUT2D eigenvalue weighted by Gasteiger charge is -2.06. The number of aliphatic carboxylic acids is 1. The molecule has 1 atom stereocenters. The predicted molar refractivity (Wildman–Crippen MR) is 68.0 cm³/mol. The predicted octanol–water partition coefficient (Wildman–Crippen LogP) is 2.65. The average Bonchev–Trinajstić information content (AvgIpc) is 2.85. The number of nitrogens with one attached hydrogen (secondary N) is 1. The number of hydrogen-bond acceptors (Lipinski definition) is 3. The number of halogens is 1. The van der Waals surface area contributed by atoms with E-state index >= 15 is 0 Å². The summed E-state index contributed by atoms with van der Waals surface area (Å²) in [5.74, 6) is 0.0463. The maximum Gasteiger partial charge on any atom is 0.320 e. The zero-order valence-electron chi connectivity index (χ0n) is 10.4. The number of furan rings is 1. The lowest BCUT2D eigenvalue weighted by molar-refractivity contribution is -0.139. The lowest BCUT2D eigenvalue weighted by Crippen LogP contribution is -2.32. The van der Waals surface area contributed by atoms with Gasteiger partial charge in [0.2, 0.25) is 0 Å². The highest BCUT2D eigenvalue weighted by Crippen LogP contribution is 2.22. The third kappa shape index (κ3) is 3.42. The van der Waals surface area contributed by atoms with Crippen molar-refractivity contribution in [1.82, 2.24) is 5.32 Å². The van der Waals surface area contributed by atoms with Gasteiger partial charge >= 0.3 is 5.97 Å². The molecule has 1 aromatic heterocycles. The van der Waals surface area contributed by atoms with E-state index in [1.54, 1.807) is 31.2 Å². The van der Waals surface area contributed by atoms with Crippen molar-refractivity contribution in [2.75, 3.05) is 0 Å². The molecule has 2 aromatic rings. The molecule has 19 heavy (non-hydrogen) atoms. The average molecular weight is 263 g/mol. The Hall–Kier alpha value is -2.14. The van der Waals surface area contributed by atoms with Crippen LogP contribution in [0.2, 0.25) is 0 Å². The van der Waals surface area contributed by atoms with E-state index in [-0.39, 0.29) is 5.82 Å². The third-order valence-corrected chi connectivity index (χ3v) is 2.74. The monoisotopic (exact) mass is 263 g/mol. The largest absolute Gasteiger partial charge is 0.480 e. The summed E-state index contributed by atoms with van der Waals surface area (Å²) < 4.78 is 18.4. The number of carbonyl (C=O) groups is 1. The van der Waals surface area contributed by atoms with E-state index in [1.807, 2.05) is 0 Å². The van der Waals surface area contributed by atoms with Crippen LogP contribution in [0.3, 0.4) is 0 Å². The van der Waals surface area contributed by atoms with Crippen molar-refractivity contribution < 1.29 is 18.7 Å². The molecule has 0 saturated heterocycles. The van der Waals surface area contributed by atoms with Crippen LogP contribution in [0, 0.1) is 5.82 Å². The van der Waals surface area contributed by atoms with Gasteiger partial charge in [-0.05, 0) is 43.3 Å². The summed E-state index contributed by atoms with van der Waals surface area (Å²) in [6, 6.07) is 8.89. The van der Waals surface area contributed by atoms with Gasteiger partial charge in [-0.2, -0.15) is 0 Å². The maximum absolute atomic E-state index is 12.8. The smallest absolute Gasteiger partial charge is 0.320 e. The Kier molecular flexibility index (Phi) is 3.97. The molecule has 0 fully saturated rings. The van der Waals surface area contributed by atoms with Gasteiger partial charge in [0.05, 0.1) is 6.54 Å². The molecular formula is C14H14FNO3. The minimum Gasteiger partial charge on any atom is -0.480 e. The number of carboxylic acids is 1. The first-order chi connectivity index (χ1) is 9.06. The molecule has 0 bridgehead atoms. The van der Waals surface area contributed by atoms with Crippen molar-refractivity contribution in [1.29, 1.82) is 0 Å². The van der Waals surface area contributed by atoms with Gasteiger partial charge in [0.1, 0.15) is 23.4 Å². The van der Waals surface area contributed by atoms with Gasteiger partial charge in [-0.3, -0.25) is 10.1 Å². The van der Waals surface area contributed by atoms with Crippen molar-refractivity contribution in [3.63, 3.8) is 0 Å². The van der Waals surface area contributed by atoms with E-state index in [0.717, 1.165) is 5.56 Å². The Balaban J connectivity index is 2.03. The minimum atomic E-state index is -0.912. The highest BCUT2D eigenvalue weighted by atomic mass is 19.1. The van der Waals surface area contributed by atoms with Gasteiger partial charge in [0.25, 0.3) is 0 Å². The first-order valence-electron chi connectivity index (χ1n) is 5.87. The highest BCUT2D eigenvalue weighted by Gasteiger charge is 2.11. The number of carboxylic acid groups (broad SMARTS) is 1. The molecule has 5 heteroatoms. The second-order valence-electron chi connectivity index (χ2n) is 4.21. The van der Waals surface area contributed by atoms with Crippen LogP contribution in [0.4, 0.5) is 4.39 Å². The van der Waals surface area contributed by atoms with E-state index in [9.17, 15) is 9.18 Å². The summed E-state index contributed by atoms with van der Waals surface area (Å²) in [6.45, 7) is 1.89. The molecule has 0 saturated carbocycles. The molecule has 0 aliphatic carbocycles. The lowest BCUT2D eigenvalue weighted by atomic mass is 10.2. The van der Waals surface area contributed by atoms with Gasteiger partial charge in [0.15, 0.2) is 0 Å². The summed E-state index contributed by atoms with van der Waals surface area (Å²) in [5.41, 5.74) is 0.777. The van der Waals surface area contributed by atoms with Crippen LogP contribution >= 0.6 is 0 Å². The van der Waals surface area contributed by atoms with Crippen LogP contribution in [0.5, 0.6) is 0 Å². The number of rotatable bonds is 5. The molecular weight excluding hydrogens is 249 g/mol. The molecule has 2 rings (SSSR count). The van der Waals surface area contributed by atoms with Crippen LogP contribution in [0.25, 0.3) is 11.3 Å². The van der Waals surface area contributed by atoms with Gasteiger partial charge in [-0.25, -0.2) is 4.39 Å². The van der Waals surface area contributed by atoms with Crippen molar-refractivity contribution in [3.8, 4) is 11.3 Å². The summed E-state index contributed by atoms with van der Waals surface area (Å²) >= 11 is 0. The molecule has 0 aliphatic rings. The fraction of sp³-hybridized carbons (Fsp3) is 0.214. The molecule has 0 spiro atoms. The standard InChI is InChI=1S/C14H14FNO3/c1-9(14(17)18)16-8-12-6-7-13(19-12)10-2-4-11(15)5-3-10/h2-7,9,16H,8H2,1H3,(H,17,18)/t9-/m0/s1. The molecule has 0 amide bonds. The molecule has 0 radical (unpaired) electrons. The van der Waals surface area contributed by atoms with E-state index in [2.05, 4.69) is 5.32 Å². The number of hydrogen-bond donors (Lipinski definition) is 2. The van der Waals surface area contributed by atoms with E-state index < -0.39 is 12.0 Å². The summed E-state index contributed by atoms with van der Waals surface area (Å²) in [7, 11) is 0. The van der Waals surface area contributed by atoms with Gasteiger partial charge < -0.3 is 9.52 Å². The molecule has 0 unspecified atom stereocenters. The molecule has 0 aliphatic heterocycles. The Morgan fingerprint density at radius 3 is 2.63 bits per heavy atom. The van der Waals surface area contributed by atoms with Crippen LogP contribution < -0.4 is 5.32 Å². The van der Waals surface area contributed by atoms with E-state index in [1.165, 1.54) is 12.1 Å². The second kappa shape index (κ2) is 5.67. The van der Waals surface area contributed by atoms with Gasteiger partial charge in [-0.1, -0.05) is 0 Å². The Morgan fingerprint density at radius 1 is 1.32 bits per heavy atom. The topological polar surface area (TPSA) is 62.5 Å². The van der Waals surface area contributed by atoms with Crippen LogP contribution in [0.1, 0.15) is 12.7 Å².